The SMILES string of the molecule is Cc1cccc(CN2CCN(c3nnc(NC(=O)NC4CCCC4)s3)CC2)n1. The van der Waals surface area contributed by atoms with E-state index < -0.39 is 0 Å². The molecule has 28 heavy (non-hydrogen) atoms. The molecule has 2 amide bonds. The Kier molecular flexibility index (Phi) is 6.01. The molecule has 1 saturated heterocycles. The molecule has 8 nitrogen and oxygen atoms in total. The Morgan fingerprint density at radius 1 is 1.18 bits per heavy atom. The summed E-state index contributed by atoms with van der Waals surface area (Å²) < 4.78 is 0. The molecule has 9 heteroatoms. The molecule has 0 aromatic carbocycles. The second kappa shape index (κ2) is 8.83. The fourth-order valence-electron chi connectivity index (χ4n) is 3.80. The predicted octanol–water partition coefficient (Wildman–Crippen LogP) is 2.63. The van der Waals surface area contributed by atoms with E-state index in [0.717, 1.165) is 62.1 Å². The molecule has 1 aliphatic carbocycles. The van der Waals surface area contributed by atoms with Crippen molar-refractivity contribution in [3.05, 3.63) is 29.6 Å². The van der Waals surface area contributed by atoms with Crippen LogP contribution >= 0.6 is 11.3 Å². The van der Waals surface area contributed by atoms with E-state index in [2.05, 4.69) is 47.7 Å². The van der Waals surface area contributed by atoms with E-state index in [4.69, 9.17) is 0 Å². The first kappa shape index (κ1) is 19.1. The average molecular weight is 402 g/mol. The summed E-state index contributed by atoms with van der Waals surface area (Å²) in [7, 11) is 0. The number of aryl methyl sites for hydroxylation is 1. The van der Waals surface area contributed by atoms with Crippen molar-refractivity contribution in [1.29, 1.82) is 0 Å². The maximum Gasteiger partial charge on any atom is 0.321 e. The van der Waals surface area contributed by atoms with E-state index in [1.54, 1.807) is 0 Å². The summed E-state index contributed by atoms with van der Waals surface area (Å²) in [6.45, 7) is 6.61. The number of amides is 2. The van der Waals surface area contributed by atoms with Crippen LogP contribution in [0.5, 0.6) is 0 Å². The number of carbonyl (C=O) groups is 1. The van der Waals surface area contributed by atoms with Gasteiger partial charge in [-0.1, -0.05) is 30.2 Å². The highest BCUT2D eigenvalue weighted by Gasteiger charge is 2.22. The predicted molar refractivity (Wildman–Crippen MR) is 111 cm³/mol. The molecule has 0 bridgehead atoms. The smallest absolute Gasteiger partial charge is 0.321 e. The first-order chi connectivity index (χ1) is 13.7. The number of piperazine rings is 1. The fraction of sp³-hybridized carbons (Fsp3) is 0.579. The molecule has 150 valence electrons. The van der Waals surface area contributed by atoms with Gasteiger partial charge in [-0.15, -0.1) is 10.2 Å². The molecule has 0 spiro atoms. The van der Waals surface area contributed by atoms with Gasteiger partial charge in [-0.2, -0.15) is 0 Å². The van der Waals surface area contributed by atoms with Crippen LogP contribution in [0.3, 0.4) is 0 Å². The second-order valence-electron chi connectivity index (χ2n) is 7.50. The molecule has 0 atom stereocenters. The lowest BCUT2D eigenvalue weighted by Gasteiger charge is -2.34. The fourth-order valence-corrected chi connectivity index (χ4v) is 4.59. The van der Waals surface area contributed by atoms with Crippen molar-refractivity contribution in [3.8, 4) is 0 Å². The van der Waals surface area contributed by atoms with Gasteiger partial charge in [-0.25, -0.2) is 4.79 Å². The van der Waals surface area contributed by atoms with E-state index in [-0.39, 0.29) is 6.03 Å². The summed E-state index contributed by atoms with van der Waals surface area (Å²) in [6.07, 6.45) is 4.52. The van der Waals surface area contributed by atoms with Gasteiger partial charge in [0, 0.05) is 44.5 Å². The molecule has 1 saturated carbocycles. The maximum atomic E-state index is 12.1. The Morgan fingerprint density at radius 2 is 1.96 bits per heavy atom. The summed E-state index contributed by atoms with van der Waals surface area (Å²) >= 11 is 1.43. The number of carbonyl (C=O) groups excluding carboxylic acids is 1. The lowest BCUT2D eigenvalue weighted by molar-refractivity contribution is 0.247. The van der Waals surface area contributed by atoms with E-state index in [1.807, 2.05) is 13.0 Å². The standard InChI is InChI=1S/C19H27N7OS/c1-14-5-4-8-16(20-14)13-25-9-11-26(12-10-25)19-24-23-18(28-19)22-17(27)21-15-6-2-3-7-15/h4-5,8,15H,2-3,6-7,9-13H2,1H3,(H2,21,22,23,27). The minimum absolute atomic E-state index is 0.176. The van der Waals surface area contributed by atoms with Crippen LogP contribution in [-0.4, -0.2) is 58.3 Å². The minimum atomic E-state index is -0.176. The number of anilines is 2. The summed E-state index contributed by atoms with van der Waals surface area (Å²) in [5.41, 5.74) is 2.17. The van der Waals surface area contributed by atoms with Crippen LogP contribution < -0.4 is 15.5 Å². The Balaban J connectivity index is 1.25. The Hall–Kier alpha value is -2.26. The summed E-state index contributed by atoms with van der Waals surface area (Å²) in [6, 6.07) is 6.29. The molecular weight excluding hydrogens is 374 g/mol. The first-order valence-corrected chi connectivity index (χ1v) is 10.8. The summed E-state index contributed by atoms with van der Waals surface area (Å²) in [5.74, 6) is 0. The third-order valence-electron chi connectivity index (χ3n) is 5.30. The zero-order valence-electron chi connectivity index (χ0n) is 16.2. The molecule has 2 aliphatic rings. The summed E-state index contributed by atoms with van der Waals surface area (Å²) in [4.78, 5) is 21.3. The molecule has 4 rings (SSSR count). The zero-order valence-corrected chi connectivity index (χ0v) is 17.0. The molecule has 3 heterocycles. The highest BCUT2D eigenvalue weighted by Crippen LogP contribution is 2.25. The monoisotopic (exact) mass is 401 g/mol. The Bertz CT molecular complexity index is 797. The number of hydrogen-bond acceptors (Lipinski definition) is 7. The van der Waals surface area contributed by atoms with Crippen molar-refractivity contribution in [3.63, 3.8) is 0 Å². The van der Waals surface area contributed by atoms with Gasteiger partial charge in [0.2, 0.25) is 10.3 Å². The van der Waals surface area contributed by atoms with Crippen LogP contribution in [0, 0.1) is 6.92 Å². The lowest BCUT2D eigenvalue weighted by Crippen LogP contribution is -2.46. The van der Waals surface area contributed by atoms with Gasteiger partial charge in [0.05, 0.1) is 5.69 Å². The van der Waals surface area contributed by atoms with E-state index in [0.29, 0.717) is 11.2 Å². The van der Waals surface area contributed by atoms with Crippen molar-refractivity contribution in [2.45, 2.75) is 45.2 Å². The Labute approximate surface area is 169 Å². The largest absolute Gasteiger partial charge is 0.344 e. The molecule has 2 N–H and O–H groups in total. The van der Waals surface area contributed by atoms with Gasteiger partial charge >= 0.3 is 6.03 Å². The van der Waals surface area contributed by atoms with Gasteiger partial charge in [0.25, 0.3) is 0 Å². The van der Waals surface area contributed by atoms with Crippen LogP contribution in [-0.2, 0) is 6.54 Å². The Morgan fingerprint density at radius 3 is 2.71 bits per heavy atom. The van der Waals surface area contributed by atoms with Crippen molar-refractivity contribution in [2.75, 3.05) is 36.4 Å². The number of hydrogen-bond donors (Lipinski definition) is 2. The van der Waals surface area contributed by atoms with Crippen LogP contribution in [0.25, 0.3) is 0 Å². The van der Waals surface area contributed by atoms with Crippen LogP contribution in [0.4, 0.5) is 15.1 Å². The van der Waals surface area contributed by atoms with Gasteiger partial charge < -0.3 is 10.2 Å². The highest BCUT2D eigenvalue weighted by atomic mass is 32.1. The summed E-state index contributed by atoms with van der Waals surface area (Å²) in [5, 5.41) is 15.7. The average Bonchev–Trinajstić information content (AvgIpc) is 3.35. The van der Waals surface area contributed by atoms with E-state index >= 15 is 0 Å². The van der Waals surface area contributed by atoms with Crippen molar-refractivity contribution in [2.24, 2.45) is 0 Å². The second-order valence-corrected chi connectivity index (χ2v) is 8.46. The number of rotatable bonds is 5. The highest BCUT2D eigenvalue weighted by molar-refractivity contribution is 7.19. The van der Waals surface area contributed by atoms with Crippen molar-refractivity contribution in [1.82, 2.24) is 25.4 Å². The van der Waals surface area contributed by atoms with Crippen LogP contribution in [0.2, 0.25) is 0 Å². The van der Waals surface area contributed by atoms with Gasteiger partial charge in [0.15, 0.2) is 0 Å². The number of pyridine rings is 1. The number of nitrogens with zero attached hydrogens (tertiary/aromatic N) is 5. The third kappa shape index (κ3) is 4.96. The first-order valence-electron chi connectivity index (χ1n) is 9.96. The molecule has 1 aliphatic heterocycles. The molecule has 0 unspecified atom stereocenters. The van der Waals surface area contributed by atoms with Crippen molar-refractivity contribution >= 4 is 27.6 Å². The number of nitrogens with one attached hydrogen (secondary N) is 2. The van der Waals surface area contributed by atoms with Gasteiger partial charge in [-0.3, -0.25) is 15.2 Å². The molecule has 0 radical (unpaired) electrons. The third-order valence-corrected chi connectivity index (χ3v) is 6.20. The van der Waals surface area contributed by atoms with E-state index in [9.17, 15) is 4.79 Å². The molecule has 2 aromatic rings. The van der Waals surface area contributed by atoms with Crippen LogP contribution in [0.15, 0.2) is 18.2 Å². The van der Waals surface area contributed by atoms with Crippen molar-refractivity contribution < 1.29 is 4.79 Å². The maximum absolute atomic E-state index is 12.1. The molecule has 2 fully saturated rings. The molecule has 2 aromatic heterocycles. The minimum Gasteiger partial charge on any atom is -0.344 e. The van der Waals surface area contributed by atoms with Gasteiger partial charge in [-0.05, 0) is 31.9 Å². The molecular formula is C19H27N7OS. The van der Waals surface area contributed by atoms with Crippen LogP contribution in [0.1, 0.15) is 37.1 Å². The van der Waals surface area contributed by atoms with Gasteiger partial charge in [0.1, 0.15) is 0 Å². The quantitative estimate of drug-likeness (QED) is 0.801. The normalized spacial score (nSPS) is 18.4. The van der Waals surface area contributed by atoms with E-state index in [1.165, 1.54) is 24.2 Å². The lowest BCUT2D eigenvalue weighted by atomic mass is 10.2. The topological polar surface area (TPSA) is 86.3 Å². The number of urea groups is 1. The number of aromatic nitrogens is 3. The zero-order chi connectivity index (χ0) is 19.3.